The van der Waals surface area contributed by atoms with E-state index >= 15 is 0 Å². The third kappa shape index (κ3) is 3.60. The zero-order chi connectivity index (χ0) is 19.7. The summed E-state index contributed by atoms with van der Waals surface area (Å²) in [6.45, 7) is 4.53. The molecule has 3 atom stereocenters. The number of primary amides is 1. The Bertz CT molecular complexity index is 880. The minimum atomic E-state index is -0.526. The molecular weight excluding hydrogens is 352 g/mol. The van der Waals surface area contributed by atoms with Gasteiger partial charge >= 0.3 is 0 Å². The molecule has 7 heteroatoms. The molecule has 1 aliphatic heterocycles. The Morgan fingerprint density at radius 1 is 1.29 bits per heavy atom. The van der Waals surface area contributed by atoms with Gasteiger partial charge in [-0.2, -0.15) is 10.4 Å². The number of rotatable bonds is 5. The number of nitrogens with two attached hydrogens (primary N) is 1. The Labute approximate surface area is 165 Å². The van der Waals surface area contributed by atoms with Crippen LogP contribution < -0.4 is 11.1 Å². The molecule has 1 aliphatic carbocycles. The zero-order valence-electron chi connectivity index (χ0n) is 16.1. The number of hydrogen-bond donors (Lipinski definition) is 2. The van der Waals surface area contributed by atoms with Gasteiger partial charge in [-0.05, 0) is 37.3 Å². The lowest BCUT2D eigenvalue weighted by Gasteiger charge is -2.46. The zero-order valence-corrected chi connectivity index (χ0v) is 16.1. The molecule has 1 aromatic heterocycles. The number of aromatic nitrogens is 2. The second-order valence-corrected chi connectivity index (χ2v) is 8.06. The monoisotopic (exact) mass is 378 g/mol. The Morgan fingerprint density at radius 2 is 2.04 bits per heavy atom. The van der Waals surface area contributed by atoms with Gasteiger partial charge in [-0.1, -0.05) is 25.1 Å². The van der Waals surface area contributed by atoms with Crippen LogP contribution in [0.25, 0.3) is 0 Å². The van der Waals surface area contributed by atoms with Gasteiger partial charge in [0.05, 0.1) is 18.0 Å². The fraction of sp³-hybridized carbons (Fsp3) is 0.476. The van der Waals surface area contributed by atoms with Crippen LogP contribution in [0.15, 0.2) is 36.5 Å². The van der Waals surface area contributed by atoms with Crippen molar-refractivity contribution in [3.63, 3.8) is 0 Å². The van der Waals surface area contributed by atoms with Crippen LogP contribution >= 0.6 is 0 Å². The van der Waals surface area contributed by atoms with Crippen molar-refractivity contribution in [3.8, 4) is 6.07 Å². The quantitative estimate of drug-likeness (QED) is 0.833. The van der Waals surface area contributed by atoms with Crippen LogP contribution in [0.1, 0.15) is 42.6 Å². The molecule has 1 saturated heterocycles. The predicted molar refractivity (Wildman–Crippen MR) is 107 cm³/mol. The van der Waals surface area contributed by atoms with E-state index in [9.17, 15) is 10.1 Å². The van der Waals surface area contributed by atoms with Gasteiger partial charge in [0.2, 0.25) is 0 Å². The maximum absolute atomic E-state index is 11.9. The molecule has 0 radical (unpaired) electrons. The number of nitrogens with zero attached hydrogens (tertiary/aromatic N) is 4. The van der Waals surface area contributed by atoms with Crippen molar-refractivity contribution in [1.29, 1.82) is 5.26 Å². The largest absolute Gasteiger partial charge is 0.365 e. The molecule has 2 fully saturated rings. The first-order valence-electron chi connectivity index (χ1n) is 9.90. The molecule has 0 unspecified atom stereocenters. The van der Waals surface area contributed by atoms with E-state index in [1.165, 1.54) is 0 Å². The summed E-state index contributed by atoms with van der Waals surface area (Å²) in [6, 6.07) is 12.5. The van der Waals surface area contributed by atoms with E-state index in [1.807, 2.05) is 30.3 Å². The summed E-state index contributed by atoms with van der Waals surface area (Å²) in [7, 11) is 0. The van der Waals surface area contributed by atoms with Crippen molar-refractivity contribution in [1.82, 2.24) is 14.7 Å². The lowest BCUT2D eigenvalue weighted by Crippen LogP contribution is -2.53. The summed E-state index contributed by atoms with van der Waals surface area (Å²) < 4.78 is 1.77. The number of benzene rings is 1. The van der Waals surface area contributed by atoms with E-state index in [0.717, 1.165) is 44.0 Å². The van der Waals surface area contributed by atoms with Crippen LogP contribution in [0, 0.1) is 23.2 Å². The normalized spacial score (nSPS) is 25.6. The molecule has 0 spiro atoms. The summed E-state index contributed by atoms with van der Waals surface area (Å²) in [5.41, 5.74) is 6.76. The molecule has 1 aromatic carbocycles. The van der Waals surface area contributed by atoms with Crippen LogP contribution in [0.2, 0.25) is 0 Å². The van der Waals surface area contributed by atoms with Gasteiger partial charge in [0.1, 0.15) is 5.56 Å². The van der Waals surface area contributed by atoms with E-state index in [0.29, 0.717) is 17.4 Å². The number of amides is 1. The molecule has 4 rings (SSSR count). The van der Waals surface area contributed by atoms with Gasteiger partial charge < -0.3 is 11.1 Å². The first kappa shape index (κ1) is 18.5. The van der Waals surface area contributed by atoms with Crippen molar-refractivity contribution in [3.05, 3.63) is 42.1 Å². The number of anilines is 2. The highest BCUT2D eigenvalue weighted by atomic mass is 16.1. The molecule has 1 saturated carbocycles. The third-order valence-corrected chi connectivity index (χ3v) is 5.93. The van der Waals surface area contributed by atoms with Crippen molar-refractivity contribution >= 4 is 17.4 Å². The van der Waals surface area contributed by atoms with Gasteiger partial charge in [0.25, 0.3) is 5.91 Å². The lowest BCUT2D eigenvalue weighted by atomic mass is 9.80. The molecular formula is C21H26N6O. The van der Waals surface area contributed by atoms with Gasteiger partial charge in [0, 0.05) is 31.0 Å². The first-order valence-corrected chi connectivity index (χ1v) is 9.90. The highest BCUT2D eigenvalue weighted by Gasteiger charge is 2.38. The predicted octanol–water partition coefficient (Wildman–Crippen LogP) is 2.91. The van der Waals surface area contributed by atoms with Crippen molar-refractivity contribution in [2.75, 3.05) is 18.4 Å². The minimum Gasteiger partial charge on any atom is -0.365 e. The molecule has 28 heavy (non-hydrogen) atoms. The second kappa shape index (κ2) is 7.64. The Balaban J connectivity index is 1.54. The molecule has 2 aliphatic rings. The molecule has 7 nitrogen and oxygen atoms in total. The van der Waals surface area contributed by atoms with Gasteiger partial charge in [-0.25, -0.2) is 0 Å². The fourth-order valence-electron chi connectivity index (χ4n) is 4.46. The van der Waals surface area contributed by atoms with E-state index < -0.39 is 5.91 Å². The van der Waals surface area contributed by atoms with E-state index in [1.54, 1.807) is 10.9 Å². The average molecular weight is 378 g/mol. The van der Waals surface area contributed by atoms with Crippen molar-refractivity contribution in [2.45, 2.75) is 38.3 Å². The van der Waals surface area contributed by atoms with E-state index in [2.05, 4.69) is 28.3 Å². The lowest BCUT2D eigenvalue weighted by molar-refractivity contribution is 0.0264. The molecule has 146 valence electrons. The topological polar surface area (TPSA) is 100.0 Å². The van der Waals surface area contributed by atoms with Gasteiger partial charge in [-0.15, -0.1) is 0 Å². The first-order chi connectivity index (χ1) is 13.5. The summed E-state index contributed by atoms with van der Waals surface area (Å²) in [5.74, 6) is 0.546. The molecule has 3 N–H and O–H groups in total. The third-order valence-electron chi connectivity index (χ3n) is 5.93. The van der Waals surface area contributed by atoms with E-state index in [-0.39, 0.29) is 12.0 Å². The molecule has 0 bridgehead atoms. The summed E-state index contributed by atoms with van der Waals surface area (Å²) >= 11 is 0. The van der Waals surface area contributed by atoms with Crippen molar-refractivity contribution in [2.24, 2.45) is 17.6 Å². The number of nitriles is 1. The number of carbonyl (C=O) groups excluding carboxylic acids is 1. The number of hydrogen-bond acceptors (Lipinski definition) is 5. The highest BCUT2D eigenvalue weighted by Crippen LogP contribution is 2.38. The van der Waals surface area contributed by atoms with Crippen LogP contribution in [-0.4, -0.2) is 39.7 Å². The maximum Gasteiger partial charge on any atom is 0.254 e. The second-order valence-electron chi connectivity index (χ2n) is 8.06. The fourth-order valence-corrected chi connectivity index (χ4v) is 4.46. The number of likely N-dealkylation sites (tertiary alicyclic amines) is 1. The Morgan fingerprint density at radius 3 is 2.68 bits per heavy atom. The van der Waals surface area contributed by atoms with Crippen LogP contribution in [-0.2, 0) is 0 Å². The number of nitrogens with one attached hydrogen (secondary N) is 1. The average Bonchev–Trinajstić information content (AvgIpc) is 3.09. The van der Waals surface area contributed by atoms with Crippen LogP contribution in [0.4, 0.5) is 11.5 Å². The maximum atomic E-state index is 11.9. The molecule has 2 heterocycles. The standard InChI is InChI=1S/C21H26N6O/c1-14-11-26(12-14)17-7-8-19(15(9-17)10-22)27-13-18(20(23)28)21(25-27)24-16-5-3-2-4-6-16/h2-6,13-15,17,19H,7-9,11-12H2,1H3,(H2,23,28)(H,24,25)/t15-,17+,19+/m1/s1. The minimum absolute atomic E-state index is 0.0376. The molecule has 1 amide bonds. The smallest absolute Gasteiger partial charge is 0.254 e. The summed E-state index contributed by atoms with van der Waals surface area (Å²) in [6.07, 6.45) is 4.46. The van der Waals surface area contributed by atoms with Gasteiger partial charge in [-0.3, -0.25) is 14.4 Å². The number of para-hydroxylation sites is 1. The molecule has 2 aromatic rings. The SMILES string of the molecule is CC1CN([C@H]2CC[C@H](n3cc(C(N)=O)c(Nc4ccccc4)n3)[C@@H](C#N)C2)C1. The van der Waals surface area contributed by atoms with Gasteiger partial charge in [0.15, 0.2) is 5.82 Å². The Kier molecular flexibility index (Phi) is 5.05. The van der Waals surface area contributed by atoms with Crippen LogP contribution in [0.5, 0.6) is 0 Å². The van der Waals surface area contributed by atoms with Crippen molar-refractivity contribution < 1.29 is 4.79 Å². The number of carbonyl (C=O) groups is 1. The van der Waals surface area contributed by atoms with Crippen LogP contribution in [0.3, 0.4) is 0 Å². The highest BCUT2D eigenvalue weighted by molar-refractivity contribution is 5.98. The Hall–Kier alpha value is -2.85. The van der Waals surface area contributed by atoms with E-state index in [4.69, 9.17) is 5.73 Å². The summed E-state index contributed by atoms with van der Waals surface area (Å²) in [4.78, 5) is 14.4. The summed E-state index contributed by atoms with van der Waals surface area (Å²) in [5, 5.41) is 17.5.